The number of hydrazone groups is 1. The zero-order chi connectivity index (χ0) is 24.1. The van der Waals surface area contributed by atoms with E-state index in [-0.39, 0.29) is 27.8 Å². The summed E-state index contributed by atoms with van der Waals surface area (Å²) in [5.41, 5.74) is 2.61. The Hall–Kier alpha value is -2.15. The van der Waals surface area contributed by atoms with Crippen molar-refractivity contribution < 1.29 is 17.9 Å². The van der Waals surface area contributed by atoms with Crippen molar-refractivity contribution in [2.75, 3.05) is 0 Å². The number of sulfonamides is 1. The van der Waals surface area contributed by atoms with Gasteiger partial charge in [0, 0.05) is 24.5 Å². The molecule has 1 aromatic rings. The monoisotopic (exact) mass is 484 g/mol. The minimum absolute atomic E-state index is 0.0186. The van der Waals surface area contributed by atoms with Gasteiger partial charge in [0.2, 0.25) is 0 Å². The van der Waals surface area contributed by atoms with Crippen LogP contribution in [0.25, 0.3) is 0 Å². The zero-order valence-corrected chi connectivity index (χ0v) is 21.2. The van der Waals surface area contributed by atoms with E-state index in [9.17, 15) is 13.2 Å². The van der Waals surface area contributed by atoms with E-state index >= 15 is 0 Å². The van der Waals surface area contributed by atoms with Gasteiger partial charge in [-0.2, -0.15) is 13.5 Å². The van der Waals surface area contributed by atoms with Gasteiger partial charge in [0.15, 0.2) is 0 Å². The van der Waals surface area contributed by atoms with Crippen molar-refractivity contribution in [1.29, 1.82) is 0 Å². The van der Waals surface area contributed by atoms with Crippen LogP contribution in [0.1, 0.15) is 72.1 Å². The molecule has 3 fully saturated rings. The third-order valence-electron chi connectivity index (χ3n) is 9.49. The van der Waals surface area contributed by atoms with Gasteiger partial charge in [-0.15, -0.1) is 0 Å². The molecule has 4 aliphatic rings. The molecule has 0 amide bonds. The highest BCUT2D eigenvalue weighted by Gasteiger charge is 2.58. The van der Waals surface area contributed by atoms with E-state index in [1.807, 2.05) is 0 Å². The molecule has 0 bridgehead atoms. The molecule has 6 atom stereocenters. The lowest BCUT2D eigenvalue weighted by Crippen LogP contribution is -2.50. The lowest BCUT2D eigenvalue weighted by molar-refractivity contribution is -0.148. The summed E-state index contributed by atoms with van der Waals surface area (Å²) in [4.78, 5) is 14.2. The number of hydrogen-bond donors (Lipinski definition) is 1. The quantitative estimate of drug-likeness (QED) is 0.361. The molecule has 5 rings (SSSR count). The van der Waals surface area contributed by atoms with Crippen LogP contribution in [0.15, 0.2) is 52.0 Å². The van der Waals surface area contributed by atoms with Gasteiger partial charge in [0.05, 0.1) is 4.90 Å². The lowest BCUT2D eigenvalue weighted by atomic mass is 9.48. The number of fused-ring (bicyclic) bond motifs is 5. The van der Waals surface area contributed by atoms with Crippen molar-refractivity contribution in [3.63, 3.8) is 0 Å². The molecule has 34 heavy (non-hydrogen) atoms. The Morgan fingerprint density at radius 1 is 1.06 bits per heavy atom. The molecule has 3 unspecified atom stereocenters. The van der Waals surface area contributed by atoms with Crippen molar-refractivity contribution in [1.82, 2.24) is 4.83 Å². The Kier molecular flexibility index (Phi) is 5.90. The van der Waals surface area contributed by atoms with Crippen LogP contribution in [-0.2, 0) is 19.6 Å². The Bertz CT molecular complexity index is 1130. The van der Waals surface area contributed by atoms with Gasteiger partial charge in [-0.25, -0.2) is 4.83 Å². The fourth-order valence-electron chi connectivity index (χ4n) is 7.70. The van der Waals surface area contributed by atoms with Gasteiger partial charge in [-0.05, 0) is 80.2 Å². The zero-order valence-electron chi connectivity index (χ0n) is 20.4. The summed E-state index contributed by atoms with van der Waals surface area (Å²) in [7, 11) is -3.66. The summed E-state index contributed by atoms with van der Waals surface area (Å²) in [5.74, 6) is 1.56. The maximum atomic E-state index is 12.7. The maximum Gasteiger partial charge on any atom is 0.302 e. The average Bonchev–Trinajstić information content (AvgIpc) is 3.14. The lowest BCUT2D eigenvalue weighted by Gasteiger charge is -2.57. The fraction of sp³-hybridized carbons (Fsp3) is 0.630. The number of carbonyl (C=O) groups excluding carboxylic acids is 1. The number of allylic oxidation sites excluding steroid dienone is 1. The minimum atomic E-state index is -3.66. The second-order valence-electron chi connectivity index (χ2n) is 11.2. The molecule has 184 valence electrons. The molecular weight excluding hydrogens is 448 g/mol. The first kappa shape index (κ1) is 23.6. The fourth-order valence-corrected chi connectivity index (χ4v) is 8.55. The molecule has 0 aliphatic heterocycles. The summed E-state index contributed by atoms with van der Waals surface area (Å²) in [5, 5.41) is 4.52. The van der Waals surface area contributed by atoms with Crippen LogP contribution in [0, 0.1) is 28.6 Å². The number of ether oxygens (including phenoxy) is 1. The van der Waals surface area contributed by atoms with Gasteiger partial charge >= 0.3 is 5.97 Å². The normalized spacial score (nSPS) is 38.3. The van der Waals surface area contributed by atoms with Crippen molar-refractivity contribution in [3.05, 3.63) is 42.0 Å². The highest BCUT2D eigenvalue weighted by atomic mass is 32.2. The number of carbonyl (C=O) groups is 1. The number of nitrogens with one attached hydrogen (secondary N) is 1. The largest absolute Gasteiger partial charge is 0.462 e. The maximum absolute atomic E-state index is 12.7. The molecule has 0 aromatic heterocycles. The number of nitrogens with zero attached hydrogens (tertiary/aromatic N) is 1. The number of hydrogen-bond acceptors (Lipinski definition) is 5. The molecule has 1 N–H and O–H groups in total. The number of rotatable bonds is 4. The third kappa shape index (κ3) is 3.90. The summed E-state index contributed by atoms with van der Waals surface area (Å²) in [6.07, 6.45) is 10.5. The van der Waals surface area contributed by atoms with Gasteiger partial charge in [-0.1, -0.05) is 43.7 Å². The van der Waals surface area contributed by atoms with Crippen LogP contribution < -0.4 is 4.83 Å². The van der Waals surface area contributed by atoms with E-state index < -0.39 is 10.0 Å². The SMILES string of the molecule is CC(=O)O[C@H]1CC[C@@]2(C)C(=CCC3C2CC[C@]2(C)/C(=N/NS(=O)(=O)c4ccccc4)CCC32)C1. The van der Waals surface area contributed by atoms with Crippen LogP contribution in [0.4, 0.5) is 0 Å². The number of esters is 1. The Morgan fingerprint density at radius 3 is 2.50 bits per heavy atom. The molecular formula is C27H36N2O4S. The highest BCUT2D eigenvalue weighted by molar-refractivity contribution is 7.89. The standard InChI is InChI=1S/C27H36N2O4S/c1-18(30)33-20-13-15-26(2)19(17-20)9-10-22-23-11-12-25(27(23,3)16-14-24(22)26)28-29-34(31,32)21-7-5-4-6-8-21/h4-9,20,22-24,29H,10-17H2,1-3H3/b28-25+/t20-,22?,23?,24?,26-,27-/m0/s1. The topological polar surface area (TPSA) is 84.8 Å². The van der Waals surface area contributed by atoms with E-state index in [0.29, 0.717) is 17.8 Å². The molecule has 0 saturated heterocycles. The van der Waals surface area contributed by atoms with Crippen LogP contribution in [0.3, 0.4) is 0 Å². The van der Waals surface area contributed by atoms with Crippen molar-refractivity contribution in [2.24, 2.45) is 33.7 Å². The molecule has 0 heterocycles. The second kappa shape index (κ2) is 8.51. The summed E-state index contributed by atoms with van der Waals surface area (Å²) >= 11 is 0. The van der Waals surface area contributed by atoms with E-state index in [1.54, 1.807) is 30.3 Å². The van der Waals surface area contributed by atoms with Gasteiger partial charge in [-0.3, -0.25) is 4.79 Å². The van der Waals surface area contributed by atoms with E-state index in [2.05, 4.69) is 29.9 Å². The first-order chi connectivity index (χ1) is 16.1. The molecule has 1 aromatic carbocycles. The minimum Gasteiger partial charge on any atom is -0.462 e. The average molecular weight is 485 g/mol. The Labute approximate surface area is 203 Å². The first-order valence-electron chi connectivity index (χ1n) is 12.6. The summed E-state index contributed by atoms with van der Waals surface area (Å²) < 4.78 is 31.0. The van der Waals surface area contributed by atoms with Crippen LogP contribution >= 0.6 is 0 Å². The van der Waals surface area contributed by atoms with Crippen LogP contribution in [0.5, 0.6) is 0 Å². The molecule has 6 nitrogen and oxygen atoms in total. The molecule has 3 saturated carbocycles. The molecule has 7 heteroatoms. The third-order valence-corrected chi connectivity index (χ3v) is 10.7. The molecule has 0 radical (unpaired) electrons. The van der Waals surface area contributed by atoms with Crippen molar-refractivity contribution in [3.8, 4) is 0 Å². The Morgan fingerprint density at radius 2 is 1.76 bits per heavy atom. The summed E-state index contributed by atoms with van der Waals surface area (Å²) in [6, 6.07) is 8.44. The predicted octanol–water partition coefficient (Wildman–Crippen LogP) is 5.22. The van der Waals surface area contributed by atoms with Crippen LogP contribution in [0.2, 0.25) is 0 Å². The highest BCUT2D eigenvalue weighted by Crippen LogP contribution is 2.64. The summed E-state index contributed by atoms with van der Waals surface area (Å²) in [6.45, 7) is 6.23. The van der Waals surface area contributed by atoms with Crippen LogP contribution in [-0.4, -0.2) is 26.2 Å². The molecule has 0 spiro atoms. The predicted molar refractivity (Wildman–Crippen MR) is 131 cm³/mol. The smallest absolute Gasteiger partial charge is 0.302 e. The van der Waals surface area contributed by atoms with E-state index in [1.165, 1.54) is 12.5 Å². The van der Waals surface area contributed by atoms with Gasteiger partial charge in [0.1, 0.15) is 6.10 Å². The molecule has 4 aliphatic carbocycles. The van der Waals surface area contributed by atoms with Crippen molar-refractivity contribution >= 4 is 21.7 Å². The second-order valence-corrected chi connectivity index (χ2v) is 12.9. The van der Waals surface area contributed by atoms with Gasteiger partial charge in [0.25, 0.3) is 10.0 Å². The Balaban J connectivity index is 1.35. The number of benzene rings is 1. The van der Waals surface area contributed by atoms with Crippen molar-refractivity contribution in [2.45, 2.75) is 83.1 Å². The first-order valence-corrected chi connectivity index (χ1v) is 14.1. The van der Waals surface area contributed by atoms with E-state index in [4.69, 9.17) is 4.74 Å². The van der Waals surface area contributed by atoms with Gasteiger partial charge < -0.3 is 4.74 Å². The van der Waals surface area contributed by atoms with E-state index in [0.717, 1.165) is 57.1 Å².